The van der Waals surface area contributed by atoms with Crippen molar-refractivity contribution in [3.05, 3.63) is 16.4 Å². The van der Waals surface area contributed by atoms with Gasteiger partial charge in [0, 0.05) is 6.54 Å². The molecule has 1 N–H and O–H groups in total. The first-order valence-corrected chi connectivity index (χ1v) is 7.79. The second kappa shape index (κ2) is 7.91. The van der Waals surface area contributed by atoms with E-state index in [9.17, 15) is 0 Å². The van der Waals surface area contributed by atoms with Gasteiger partial charge in [0.25, 0.3) is 0 Å². The number of nitrogens with one attached hydrogen (secondary N) is 1. The molecule has 0 spiro atoms. The number of hydrogen-bond acceptors (Lipinski definition) is 2. The largest absolute Gasteiger partial charge is 0.319 e. The summed E-state index contributed by atoms with van der Waals surface area (Å²) in [6.07, 6.45) is 3.13. The topological polar surface area (TPSA) is 29.9 Å². The van der Waals surface area contributed by atoms with E-state index in [1.54, 1.807) is 0 Å². The highest BCUT2D eigenvalue weighted by Gasteiger charge is 2.19. The maximum absolute atomic E-state index is 6.49. The van der Waals surface area contributed by atoms with Crippen LogP contribution in [0.5, 0.6) is 0 Å². The molecule has 1 aromatic heterocycles. The lowest BCUT2D eigenvalue weighted by Gasteiger charge is -2.19. The molecular formula is C15H28ClN3. The van der Waals surface area contributed by atoms with E-state index in [0.717, 1.165) is 36.6 Å². The lowest BCUT2D eigenvalue weighted by Crippen LogP contribution is -2.23. The van der Waals surface area contributed by atoms with Crippen molar-refractivity contribution >= 4 is 11.6 Å². The van der Waals surface area contributed by atoms with Crippen LogP contribution < -0.4 is 5.32 Å². The summed E-state index contributed by atoms with van der Waals surface area (Å²) in [5.74, 6) is 1.33. The van der Waals surface area contributed by atoms with Crippen molar-refractivity contribution in [1.29, 1.82) is 0 Å². The molecule has 0 aliphatic heterocycles. The van der Waals surface area contributed by atoms with Crippen LogP contribution in [0.3, 0.4) is 0 Å². The zero-order chi connectivity index (χ0) is 14.4. The van der Waals surface area contributed by atoms with E-state index in [4.69, 9.17) is 11.6 Å². The first-order valence-electron chi connectivity index (χ1n) is 7.41. The lowest BCUT2D eigenvalue weighted by molar-refractivity contribution is 0.385. The van der Waals surface area contributed by atoms with E-state index in [-0.39, 0.29) is 0 Å². The van der Waals surface area contributed by atoms with Gasteiger partial charge in [-0.15, -0.1) is 0 Å². The van der Waals surface area contributed by atoms with Gasteiger partial charge in [-0.1, -0.05) is 32.4 Å². The summed E-state index contributed by atoms with van der Waals surface area (Å²) in [4.78, 5) is 0. The average molecular weight is 286 g/mol. The first kappa shape index (κ1) is 16.5. The standard InChI is InChI=1S/C15H28ClN3/c1-6-13-15(16)14(19(7-2)18-13)9-12(10-17-5)8-11(3)4/h11-12,17H,6-10H2,1-5H3. The molecule has 1 atom stereocenters. The molecule has 0 bridgehead atoms. The highest BCUT2D eigenvalue weighted by Crippen LogP contribution is 2.26. The first-order chi connectivity index (χ1) is 9.03. The zero-order valence-corrected chi connectivity index (χ0v) is 13.7. The monoisotopic (exact) mass is 285 g/mol. The molecule has 0 saturated carbocycles. The van der Waals surface area contributed by atoms with E-state index < -0.39 is 0 Å². The third-order valence-corrected chi connectivity index (χ3v) is 3.91. The normalized spacial score (nSPS) is 13.2. The van der Waals surface area contributed by atoms with Gasteiger partial charge in [0.2, 0.25) is 0 Å². The number of halogens is 1. The second-order valence-electron chi connectivity index (χ2n) is 5.63. The molecule has 0 saturated heterocycles. The van der Waals surface area contributed by atoms with E-state index >= 15 is 0 Å². The number of hydrogen-bond donors (Lipinski definition) is 1. The Balaban J connectivity index is 2.91. The Morgan fingerprint density at radius 2 is 2.00 bits per heavy atom. The predicted molar refractivity (Wildman–Crippen MR) is 82.9 cm³/mol. The molecule has 4 heteroatoms. The molecule has 3 nitrogen and oxygen atoms in total. The van der Waals surface area contributed by atoms with Crippen molar-refractivity contribution in [1.82, 2.24) is 15.1 Å². The molecule has 1 aromatic rings. The van der Waals surface area contributed by atoms with Crippen LogP contribution in [0.25, 0.3) is 0 Å². The summed E-state index contributed by atoms with van der Waals surface area (Å²) in [7, 11) is 2.02. The van der Waals surface area contributed by atoms with Gasteiger partial charge in [-0.25, -0.2) is 0 Å². The van der Waals surface area contributed by atoms with Gasteiger partial charge in [0.05, 0.1) is 16.4 Å². The molecule has 1 heterocycles. The number of nitrogens with zero attached hydrogens (tertiary/aromatic N) is 2. The van der Waals surface area contributed by atoms with Crippen LogP contribution >= 0.6 is 11.6 Å². The van der Waals surface area contributed by atoms with Crippen molar-refractivity contribution in [3.8, 4) is 0 Å². The van der Waals surface area contributed by atoms with Crippen molar-refractivity contribution in [3.63, 3.8) is 0 Å². The Bertz CT molecular complexity index is 385. The molecule has 0 radical (unpaired) electrons. The minimum absolute atomic E-state index is 0.620. The summed E-state index contributed by atoms with van der Waals surface area (Å²) in [5.41, 5.74) is 2.24. The van der Waals surface area contributed by atoms with E-state index in [2.05, 4.69) is 42.8 Å². The summed E-state index contributed by atoms with van der Waals surface area (Å²) < 4.78 is 2.07. The highest BCUT2D eigenvalue weighted by molar-refractivity contribution is 6.31. The van der Waals surface area contributed by atoms with Gasteiger partial charge < -0.3 is 5.32 Å². The lowest BCUT2D eigenvalue weighted by atomic mass is 9.92. The minimum Gasteiger partial charge on any atom is -0.319 e. The Labute approximate surface area is 122 Å². The van der Waals surface area contributed by atoms with Crippen molar-refractivity contribution < 1.29 is 0 Å². The summed E-state index contributed by atoms with van der Waals surface area (Å²) >= 11 is 6.49. The Morgan fingerprint density at radius 3 is 2.47 bits per heavy atom. The van der Waals surface area contributed by atoms with Crippen LogP contribution in [0.4, 0.5) is 0 Å². The van der Waals surface area contributed by atoms with Crippen LogP contribution in [0, 0.1) is 11.8 Å². The zero-order valence-electron chi connectivity index (χ0n) is 13.0. The third-order valence-electron chi connectivity index (χ3n) is 3.47. The molecule has 0 fully saturated rings. The van der Waals surface area contributed by atoms with Gasteiger partial charge in [0.1, 0.15) is 0 Å². The molecule has 110 valence electrons. The molecule has 0 aromatic carbocycles. The van der Waals surface area contributed by atoms with E-state index in [1.165, 1.54) is 12.1 Å². The van der Waals surface area contributed by atoms with Gasteiger partial charge in [-0.2, -0.15) is 5.10 Å². The van der Waals surface area contributed by atoms with Crippen LogP contribution in [-0.4, -0.2) is 23.4 Å². The summed E-state index contributed by atoms with van der Waals surface area (Å²) in [6.45, 7) is 10.7. The highest BCUT2D eigenvalue weighted by atomic mass is 35.5. The SMILES string of the molecule is CCc1nn(CC)c(CC(CNC)CC(C)C)c1Cl. The van der Waals surface area contributed by atoms with Crippen molar-refractivity contribution in [2.75, 3.05) is 13.6 Å². The molecule has 19 heavy (non-hydrogen) atoms. The number of aromatic nitrogens is 2. The smallest absolute Gasteiger partial charge is 0.0849 e. The number of rotatable bonds is 8. The fourth-order valence-electron chi connectivity index (χ4n) is 2.68. The Hall–Kier alpha value is -0.540. The molecule has 0 amide bonds. The maximum Gasteiger partial charge on any atom is 0.0849 e. The van der Waals surface area contributed by atoms with Gasteiger partial charge in [-0.05, 0) is 51.6 Å². The number of aryl methyl sites for hydroxylation is 2. The predicted octanol–water partition coefficient (Wildman–Crippen LogP) is 3.54. The van der Waals surface area contributed by atoms with Crippen molar-refractivity contribution in [2.24, 2.45) is 11.8 Å². The molecule has 0 aliphatic rings. The molecular weight excluding hydrogens is 258 g/mol. The Morgan fingerprint density at radius 1 is 1.32 bits per heavy atom. The van der Waals surface area contributed by atoms with Gasteiger partial charge in [0.15, 0.2) is 0 Å². The van der Waals surface area contributed by atoms with Crippen molar-refractivity contribution in [2.45, 2.75) is 53.5 Å². The quantitative estimate of drug-likeness (QED) is 0.792. The van der Waals surface area contributed by atoms with E-state index in [0.29, 0.717) is 11.8 Å². The fourth-order valence-corrected chi connectivity index (χ4v) is 3.03. The maximum atomic E-state index is 6.49. The van der Waals surface area contributed by atoms with Crippen LogP contribution in [-0.2, 0) is 19.4 Å². The van der Waals surface area contributed by atoms with Gasteiger partial charge >= 0.3 is 0 Å². The third kappa shape index (κ3) is 4.50. The van der Waals surface area contributed by atoms with Crippen LogP contribution in [0.15, 0.2) is 0 Å². The average Bonchev–Trinajstić information content (AvgIpc) is 2.66. The van der Waals surface area contributed by atoms with Crippen LogP contribution in [0.1, 0.15) is 45.5 Å². The molecule has 1 rings (SSSR count). The second-order valence-corrected chi connectivity index (χ2v) is 6.01. The van der Waals surface area contributed by atoms with Crippen LogP contribution in [0.2, 0.25) is 5.02 Å². The molecule has 1 unspecified atom stereocenters. The fraction of sp³-hybridized carbons (Fsp3) is 0.800. The van der Waals surface area contributed by atoms with Gasteiger partial charge in [-0.3, -0.25) is 4.68 Å². The summed E-state index contributed by atoms with van der Waals surface area (Å²) in [6, 6.07) is 0. The van der Waals surface area contributed by atoms with E-state index in [1.807, 2.05) is 7.05 Å². The minimum atomic E-state index is 0.620. The Kier molecular flexibility index (Phi) is 6.87. The molecule has 0 aliphatic carbocycles. The summed E-state index contributed by atoms with van der Waals surface area (Å²) in [5, 5.41) is 8.79.